The van der Waals surface area contributed by atoms with Crippen LogP contribution >= 0.6 is 0 Å². The molecule has 0 saturated carbocycles. The fourth-order valence-electron chi connectivity index (χ4n) is 4.80. The molecule has 0 aromatic heterocycles. The zero-order chi connectivity index (χ0) is 32.8. The number of carboxylic acid groups (broad SMARTS) is 1. The Balaban J connectivity index is 2.46. The molecule has 3 amide bonds. The van der Waals surface area contributed by atoms with E-state index >= 15 is 0 Å². The highest BCUT2D eigenvalue weighted by Crippen LogP contribution is 2.31. The first kappa shape index (κ1) is 36.6. The van der Waals surface area contributed by atoms with Crippen LogP contribution in [0.4, 0.5) is 0 Å². The average Bonchev–Trinajstić information content (AvgIpc) is 2.91. The van der Waals surface area contributed by atoms with E-state index in [1.54, 1.807) is 0 Å². The Morgan fingerprint density at radius 3 is 1.84 bits per heavy atom. The number of rotatable bonds is 13. The number of carbonyl (C=O) groups excluding carboxylic acids is 3. The summed E-state index contributed by atoms with van der Waals surface area (Å²) in [5.74, 6) is -3.79. The minimum absolute atomic E-state index is 0.636. The second-order valence-corrected chi connectivity index (χ2v) is 10.3. The molecule has 0 spiro atoms. The molecule has 14 atom stereocenters. The van der Waals surface area contributed by atoms with E-state index in [9.17, 15) is 60.0 Å². The fraction of sp³-hybridized carbons (Fsp3) is 0.833. The number of ether oxygens (including phenoxy) is 4. The Kier molecular flexibility index (Phi) is 13.6. The van der Waals surface area contributed by atoms with Gasteiger partial charge in [-0.15, -0.1) is 0 Å². The second-order valence-electron chi connectivity index (χ2n) is 10.3. The molecule has 2 saturated heterocycles. The highest BCUT2D eigenvalue weighted by atomic mass is 16.7. The van der Waals surface area contributed by atoms with Gasteiger partial charge in [0, 0.05) is 20.8 Å². The topological polar surface area (TPSA) is 303 Å². The molecule has 19 nitrogen and oxygen atoms in total. The van der Waals surface area contributed by atoms with E-state index in [2.05, 4.69) is 16.0 Å². The number of nitrogens with one attached hydrogen (secondary N) is 3. The molecule has 0 unspecified atom stereocenters. The predicted octanol–water partition coefficient (Wildman–Crippen LogP) is -6.39. The van der Waals surface area contributed by atoms with E-state index in [1.165, 1.54) is 6.92 Å². The Morgan fingerprint density at radius 2 is 1.40 bits per heavy atom. The zero-order valence-corrected chi connectivity index (χ0v) is 23.8. The molecule has 19 heteroatoms. The minimum Gasteiger partial charge on any atom is -0.479 e. The summed E-state index contributed by atoms with van der Waals surface area (Å²) in [4.78, 5) is 47.2. The van der Waals surface area contributed by atoms with Crippen LogP contribution < -0.4 is 16.0 Å². The van der Waals surface area contributed by atoms with E-state index in [1.807, 2.05) is 0 Å². The zero-order valence-electron chi connectivity index (χ0n) is 23.8. The quantitative estimate of drug-likeness (QED) is 0.0904. The minimum atomic E-state index is -2.03. The molecule has 0 radical (unpaired) electrons. The molecule has 43 heavy (non-hydrogen) atoms. The molecule has 0 aromatic rings. The van der Waals surface area contributed by atoms with Gasteiger partial charge in [0.2, 0.25) is 17.7 Å². The highest BCUT2D eigenvalue weighted by Gasteiger charge is 2.54. The molecule has 0 bridgehead atoms. The van der Waals surface area contributed by atoms with Crippen molar-refractivity contribution in [2.45, 2.75) is 113 Å². The van der Waals surface area contributed by atoms with Gasteiger partial charge in [-0.05, 0) is 6.92 Å². The lowest BCUT2D eigenvalue weighted by Gasteiger charge is -2.48. The molecule has 2 heterocycles. The largest absolute Gasteiger partial charge is 0.479 e. The Morgan fingerprint density at radius 1 is 0.837 bits per heavy atom. The van der Waals surface area contributed by atoms with Gasteiger partial charge in [-0.2, -0.15) is 0 Å². The first-order valence-corrected chi connectivity index (χ1v) is 13.3. The monoisotopic (exact) mass is 627 g/mol. The number of aliphatic carboxylic acids is 1. The Labute approximate surface area is 245 Å². The van der Waals surface area contributed by atoms with E-state index in [-0.39, 0.29) is 0 Å². The van der Waals surface area contributed by atoms with E-state index < -0.39 is 123 Å². The second kappa shape index (κ2) is 16.0. The first-order valence-electron chi connectivity index (χ1n) is 13.3. The van der Waals surface area contributed by atoms with Crippen molar-refractivity contribution >= 4 is 23.7 Å². The van der Waals surface area contributed by atoms with Gasteiger partial charge < -0.3 is 75.8 Å². The SMILES string of the molecule is CC(=O)N[C@H]1[C@@H](O[C@@H]([C@H](O)[C@@H](C)O)[C@H](CO)NC(C)=O)O[C@H](CO)[C@H](O[C@H]2O[C@H](C(=O)O)[C@H](O)[C@H](O)[C@H]2NC(C)=O)[C@@H]1O. The van der Waals surface area contributed by atoms with Gasteiger partial charge in [0.25, 0.3) is 0 Å². The number of aliphatic hydroxyl groups excluding tert-OH is 7. The normalized spacial score (nSPS) is 35.6. The third-order valence-electron chi connectivity index (χ3n) is 6.83. The molecule has 0 aromatic carbocycles. The van der Waals surface area contributed by atoms with Crippen LogP contribution in [0.1, 0.15) is 27.7 Å². The smallest absolute Gasteiger partial charge is 0.335 e. The maximum atomic E-state index is 12.1. The maximum absolute atomic E-state index is 12.1. The van der Waals surface area contributed by atoms with E-state index in [0.717, 1.165) is 20.8 Å². The average molecular weight is 628 g/mol. The van der Waals surface area contributed by atoms with Crippen LogP contribution in [-0.4, -0.2) is 163 Å². The van der Waals surface area contributed by atoms with Crippen LogP contribution in [0.3, 0.4) is 0 Å². The van der Waals surface area contributed by atoms with Crippen LogP contribution in [0.2, 0.25) is 0 Å². The molecule has 248 valence electrons. The van der Waals surface area contributed by atoms with Crippen molar-refractivity contribution in [3.63, 3.8) is 0 Å². The summed E-state index contributed by atoms with van der Waals surface area (Å²) < 4.78 is 22.6. The van der Waals surface area contributed by atoms with Crippen molar-refractivity contribution in [3.8, 4) is 0 Å². The summed E-state index contributed by atoms with van der Waals surface area (Å²) in [6, 6.07) is -4.46. The van der Waals surface area contributed by atoms with Crippen molar-refractivity contribution in [3.05, 3.63) is 0 Å². The van der Waals surface area contributed by atoms with Crippen LogP contribution in [0, 0.1) is 0 Å². The highest BCUT2D eigenvalue weighted by molar-refractivity contribution is 5.75. The van der Waals surface area contributed by atoms with Crippen LogP contribution in [0.5, 0.6) is 0 Å². The summed E-state index contributed by atoms with van der Waals surface area (Å²) in [5, 5.41) is 89.0. The standard InChI is InChI=1S/C24H41N3O16/c1-7(30)15(34)19(11(5-28)25-8(2)31)41-23-14(27-10(4)33)17(36)20(12(6-29)40-23)42-24-13(26-9(3)32)16(35)18(37)21(43-24)22(38)39/h7,11-21,23-24,28-30,34-37H,5-6H2,1-4H3,(H,25,31)(H,26,32)(H,27,33)(H,38,39)/t7-,11+,12-,13-,14-,15-,16-,17-,18-,19-,20+,21+,23-,24+/m1/s1. The lowest BCUT2D eigenvalue weighted by atomic mass is 9.94. The van der Waals surface area contributed by atoms with Gasteiger partial charge in [0.15, 0.2) is 18.7 Å². The van der Waals surface area contributed by atoms with Crippen LogP contribution in [0.15, 0.2) is 0 Å². The van der Waals surface area contributed by atoms with Gasteiger partial charge >= 0.3 is 5.97 Å². The molecule has 2 fully saturated rings. The third kappa shape index (κ3) is 9.22. The molecular weight excluding hydrogens is 586 g/mol. The summed E-state index contributed by atoms with van der Waals surface area (Å²) in [6.07, 6.45) is -19.4. The summed E-state index contributed by atoms with van der Waals surface area (Å²) in [7, 11) is 0. The van der Waals surface area contributed by atoms with Crippen LogP contribution in [0.25, 0.3) is 0 Å². The number of carbonyl (C=O) groups is 4. The van der Waals surface area contributed by atoms with Crippen molar-refractivity contribution in [1.82, 2.24) is 16.0 Å². The summed E-state index contributed by atoms with van der Waals surface area (Å²) in [5.41, 5.74) is 0. The molecule has 2 aliphatic rings. The number of carboxylic acids is 1. The first-order chi connectivity index (χ1) is 20.0. The number of hydrogen-bond acceptors (Lipinski definition) is 15. The van der Waals surface area contributed by atoms with Gasteiger partial charge in [0.05, 0.1) is 25.4 Å². The van der Waals surface area contributed by atoms with Gasteiger partial charge in [0.1, 0.15) is 54.8 Å². The maximum Gasteiger partial charge on any atom is 0.335 e. The van der Waals surface area contributed by atoms with Gasteiger partial charge in [-0.3, -0.25) is 14.4 Å². The Hall–Kier alpha value is -2.56. The lowest BCUT2D eigenvalue weighted by molar-refractivity contribution is -0.337. The predicted molar refractivity (Wildman–Crippen MR) is 137 cm³/mol. The van der Waals surface area contributed by atoms with Crippen molar-refractivity contribution in [1.29, 1.82) is 0 Å². The molecule has 2 aliphatic heterocycles. The van der Waals surface area contributed by atoms with E-state index in [4.69, 9.17) is 18.9 Å². The molecule has 2 rings (SSSR count). The Bertz CT molecular complexity index is 971. The number of hydrogen-bond donors (Lipinski definition) is 11. The van der Waals surface area contributed by atoms with Gasteiger partial charge in [-0.25, -0.2) is 4.79 Å². The van der Waals surface area contributed by atoms with Crippen molar-refractivity contribution < 1.29 is 79.0 Å². The number of aliphatic hydroxyl groups is 7. The van der Waals surface area contributed by atoms with Crippen molar-refractivity contribution in [2.75, 3.05) is 13.2 Å². The molecule has 0 aliphatic carbocycles. The summed E-state index contributed by atoms with van der Waals surface area (Å²) in [6.45, 7) is 2.74. The summed E-state index contributed by atoms with van der Waals surface area (Å²) >= 11 is 0. The van der Waals surface area contributed by atoms with Crippen LogP contribution in [-0.2, 0) is 38.1 Å². The number of amides is 3. The third-order valence-corrected chi connectivity index (χ3v) is 6.83. The van der Waals surface area contributed by atoms with E-state index in [0.29, 0.717) is 0 Å². The fourth-order valence-corrected chi connectivity index (χ4v) is 4.80. The molecule has 11 N–H and O–H groups in total. The molecular formula is C24H41N3O16. The van der Waals surface area contributed by atoms with Gasteiger partial charge in [-0.1, -0.05) is 0 Å². The van der Waals surface area contributed by atoms with Crippen molar-refractivity contribution in [2.24, 2.45) is 0 Å². The lowest BCUT2D eigenvalue weighted by Crippen LogP contribution is -2.70.